The summed E-state index contributed by atoms with van der Waals surface area (Å²) >= 11 is 5.53. The predicted molar refractivity (Wildman–Crippen MR) is 91.8 cm³/mol. The summed E-state index contributed by atoms with van der Waals surface area (Å²) in [5.41, 5.74) is 5.31. The van der Waals surface area contributed by atoms with Gasteiger partial charge in [0, 0.05) is 20.8 Å². The molecule has 1 aliphatic heterocycles. The van der Waals surface area contributed by atoms with Gasteiger partial charge in [-0.3, -0.25) is 0 Å². The average molecular weight is 348 g/mol. The second-order valence-corrected chi connectivity index (χ2v) is 7.34. The number of halogens is 1. The molecule has 0 spiro atoms. The zero-order valence-corrected chi connectivity index (χ0v) is 14.1. The molecule has 3 heteroatoms. The van der Waals surface area contributed by atoms with Crippen LogP contribution in [0.3, 0.4) is 0 Å². The fraction of sp³-hybridized carbons (Fsp3) is 0.294. The molecule has 1 atom stereocenters. The van der Waals surface area contributed by atoms with Crippen LogP contribution in [0.15, 0.2) is 45.8 Å². The summed E-state index contributed by atoms with van der Waals surface area (Å²) in [4.78, 5) is 1.42. The minimum atomic E-state index is 0.422. The number of benzene rings is 2. The third-order valence-electron chi connectivity index (χ3n) is 3.77. The van der Waals surface area contributed by atoms with Gasteiger partial charge in [-0.25, -0.2) is 0 Å². The Morgan fingerprint density at radius 3 is 2.60 bits per heavy atom. The van der Waals surface area contributed by atoms with Crippen molar-refractivity contribution < 1.29 is 0 Å². The van der Waals surface area contributed by atoms with Crippen LogP contribution in [-0.2, 0) is 0 Å². The SMILES string of the molecule is Cc1cc(Br)cc(C)c1NC1CCSc2ccccc21. The van der Waals surface area contributed by atoms with Crippen molar-refractivity contribution in [1.29, 1.82) is 0 Å². The highest BCUT2D eigenvalue weighted by Gasteiger charge is 2.21. The molecule has 3 rings (SSSR count). The van der Waals surface area contributed by atoms with Crippen molar-refractivity contribution in [2.75, 3.05) is 11.1 Å². The molecule has 0 bridgehead atoms. The number of rotatable bonds is 2. The third-order valence-corrected chi connectivity index (χ3v) is 5.36. The Balaban J connectivity index is 1.94. The van der Waals surface area contributed by atoms with Crippen molar-refractivity contribution in [3.8, 4) is 0 Å². The molecule has 1 aliphatic rings. The monoisotopic (exact) mass is 347 g/mol. The van der Waals surface area contributed by atoms with E-state index in [1.54, 1.807) is 0 Å². The fourth-order valence-electron chi connectivity index (χ4n) is 2.80. The van der Waals surface area contributed by atoms with E-state index in [-0.39, 0.29) is 0 Å². The Labute approximate surface area is 133 Å². The number of thioether (sulfide) groups is 1. The summed E-state index contributed by atoms with van der Waals surface area (Å²) < 4.78 is 1.15. The van der Waals surface area contributed by atoms with E-state index in [2.05, 4.69) is 71.5 Å². The molecule has 20 heavy (non-hydrogen) atoms. The fourth-order valence-corrected chi connectivity index (χ4v) is 4.62. The summed E-state index contributed by atoms with van der Waals surface area (Å²) in [6.07, 6.45) is 1.18. The first kappa shape index (κ1) is 14.0. The maximum atomic E-state index is 3.77. The van der Waals surface area contributed by atoms with E-state index < -0.39 is 0 Å². The normalized spacial score (nSPS) is 17.6. The molecule has 0 aromatic heterocycles. The van der Waals surface area contributed by atoms with Crippen molar-refractivity contribution in [2.45, 2.75) is 31.2 Å². The maximum absolute atomic E-state index is 3.77. The lowest BCUT2D eigenvalue weighted by atomic mass is 10.0. The molecule has 0 saturated carbocycles. The minimum Gasteiger partial charge on any atom is -0.378 e. The minimum absolute atomic E-state index is 0.422. The molecule has 0 saturated heterocycles. The van der Waals surface area contributed by atoms with E-state index in [4.69, 9.17) is 0 Å². The van der Waals surface area contributed by atoms with Crippen LogP contribution in [0.4, 0.5) is 5.69 Å². The second-order valence-electron chi connectivity index (χ2n) is 5.29. The van der Waals surface area contributed by atoms with Crippen LogP contribution < -0.4 is 5.32 Å². The van der Waals surface area contributed by atoms with Gasteiger partial charge in [-0.1, -0.05) is 34.1 Å². The Hall–Kier alpha value is -0.930. The van der Waals surface area contributed by atoms with Crippen LogP contribution in [0.1, 0.15) is 29.2 Å². The Kier molecular flexibility index (Phi) is 4.08. The summed E-state index contributed by atoms with van der Waals surface area (Å²) in [5.74, 6) is 1.18. The topological polar surface area (TPSA) is 12.0 Å². The van der Waals surface area contributed by atoms with E-state index in [9.17, 15) is 0 Å². The Bertz CT molecular complexity index is 616. The highest BCUT2D eigenvalue weighted by Crippen LogP contribution is 2.39. The van der Waals surface area contributed by atoms with Crippen molar-refractivity contribution in [2.24, 2.45) is 0 Å². The Morgan fingerprint density at radius 2 is 1.85 bits per heavy atom. The summed E-state index contributed by atoms with van der Waals surface area (Å²) in [5, 5.41) is 3.77. The van der Waals surface area contributed by atoms with Gasteiger partial charge in [-0.2, -0.15) is 0 Å². The van der Waals surface area contributed by atoms with Crippen LogP contribution in [0.25, 0.3) is 0 Å². The first-order valence-corrected chi connectivity index (χ1v) is 8.68. The zero-order chi connectivity index (χ0) is 14.1. The Morgan fingerprint density at radius 1 is 1.15 bits per heavy atom. The maximum Gasteiger partial charge on any atom is 0.0533 e. The first-order chi connectivity index (χ1) is 9.65. The lowest BCUT2D eigenvalue weighted by Gasteiger charge is -2.28. The number of nitrogens with one attached hydrogen (secondary N) is 1. The largest absolute Gasteiger partial charge is 0.378 e. The van der Waals surface area contributed by atoms with Gasteiger partial charge in [-0.15, -0.1) is 11.8 Å². The van der Waals surface area contributed by atoms with Gasteiger partial charge in [-0.05, 0) is 55.2 Å². The molecule has 0 radical (unpaired) electrons. The first-order valence-electron chi connectivity index (χ1n) is 6.90. The molecule has 0 fully saturated rings. The number of hydrogen-bond acceptors (Lipinski definition) is 2. The van der Waals surface area contributed by atoms with Crippen LogP contribution in [0.2, 0.25) is 0 Å². The van der Waals surface area contributed by atoms with Gasteiger partial charge in [0.1, 0.15) is 0 Å². The number of hydrogen-bond donors (Lipinski definition) is 1. The number of anilines is 1. The van der Waals surface area contributed by atoms with Crippen molar-refractivity contribution in [1.82, 2.24) is 0 Å². The standard InChI is InChI=1S/C17H18BrNS/c1-11-9-13(18)10-12(2)17(11)19-15-7-8-20-16-6-4-3-5-14(15)16/h3-6,9-10,15,19H,7-8H2,1-2H3. The smallest absolute Gasteiger partial charge is 0.0533 e. The predicted octanol–water partition coefficient (Wildman–Crippen LogP) is 5.71. The molecule has 1 unspecified atom stereocenters. The summed E-state index contributed by atoms with van der Waals surface area (Å²) in [7, 11) is 0. The van der Waals surface area contributed by atoms with Crippen molar-refractivity contribution >= 4 is 33.4 Å². The van der Waals surface area contributed by atoms with E-state index in [0.717, 1.165) is 4.47 Å². The molecule has 2 aromatic carbocycles. The number of aryl methyl sites for hydroxylation is 2. The van der Waals surface area contributed by atoms with E-state index in [1.165, 1.54) is 39.4 Å². The molecule has 1 nitrogen and oxygen atoms in total. The highest BCUT2D eigenvalue weighted by molar-refractivity contribution is 9.10. The molecular formula is C17H18BrNS. The number of fused-ring (bicyclic) bond motifs is 1. The molecule has 2 aromatic rings. The lowest BCUT2D eigenvalue weighted by Crippen LogP contribution is -2.17. The van der Waals surface area contributed by atoms with E-state index >= 15 is 0 Å². The molecule has 1 heterocycles. The van der Waals surface area contributed by atoms with Gasteiger partial charge < -0.3 is 5.32 Å². The van der Waals surface area contributed by atoms with Crippen LogP contribution >= 0.6 is 27.7 Å². The van der Waals surface area contributed by atoms with Gasteiger partial charge >= 0.3 is 0 Å². The lowest BCUT2D eigenvalue weighted by molar-refractivity contribution is 0.727. The summed E-state index contributed by atoms with van der Waals surface area (Å²) in [6, 6.07) is 13.5. The van der Waals surface area contributed by atoms with Crippen molar-refractivity contribution in [3.63, 3.8) is 0 Å². The molecule has 104 valence electrons. The van der Waals surface area contributed by atoms with E-state index in [1.807, 2.05) is 11.8 Å². The van der Waals surface area contributed by atoms with E-state index in [0.29, 0.717) is 6.04 Å². The van der Waals surface area contributed by atoms with Crippen LogP contribution in [-0.4, -0.2) is 5.75 Å². The molecule has 0 amide bonds. The van der Waals surface area contributed by atoms with Gasteiger partial charge in [0.15, 0.2) is 0 Å². The van der Waals surface area contributed by atoms with Crippen molar-refractivity contribution in [3.05, 3.63) is 57.6 Å². The van der Waals surface area contributed by atoms with Gasteiger partial charge in [0.05, 0.1) is 6.04 Å². The quantitative estimate of drug-likeness (QED) is 0.745. The van der Waals surface area contributed by atoms with Gasteiger partial charge in [0.2, 0.25) is 0 Å². The molecular weight excluding hydrogens is 330 g/mol. The molecule has 0 aliphatic carbocycles. The average Bonchev–Trinajstić information content (AvgIpc) is 2.43. The van der Waals surface area contributed by atoms with Crippen LogP contribution in [0.5, 0.6) is 0 Å². The second kappa shape index (κ2) is 5.82. The highest BCUT2D eigenvalue weighted by atomic mass is 79.9. The third kappa shape index (κ3) is 2.75. The van der Waals surface area contributed by atoms with Crippen LogP contribution in [0, 0.1) is 13.8 Å². The molecule has 1 N–H and O–H groups in total. The van der Waals surface area contributed by atoms with Gasteiger partial charge in [0.25, 0.3) is 0 Å². The summed E-state index contributed by atoms with van der Waals surface area (Å²) in [6.45, 7) is 4.34. The zero-order valence-electron chi connectivity index (χ0n) is 11.7.